The normalized spacial score (nSPS) is 16.8. The third-order valence-corrected chi connectivity index (χ3v) is 7.16. The van der Waals surface area contributed by atoms with Gasteiger partial charge in [-0.2, -0.15) is 0 Å². The van der Waals surface area contributed by atoms with E-state index in [0.29, 0.717) is 30.5 Å². The lowest BCUT2D eigenvalue weighted by atomic mass is 10.1. The Morgan fingerprint density at radius 1 is 1.06 bits per heavy atom. The maximum absolute atomic E-state index is 13.5. The molecule has 1 aliphatic heterocycles. The molecular formula is C25H27N5O3S. The summed E-state index contributed by atoms with van der Waals surface area (Å²) in [6, 6.07) is 17.1. The molecule has 0 spiro atoms. The van der Waals surface area contributed by atoms with Gasteiger partial charge in [0, 0.05) is 30.4 Å². The number of amides is 1. The minimum atomic E-state index is -0.526. The highest BCUT2D eigenvalue weighted by molar-refractivity contribution is 8.00. The van der Waals surface area contributed by atoms with Gasteiger partial charge in [0.25, 0.3) is 0 Å². The Hall–Kier alpha value is -3.17. The summed E-state index contributed by atoms with van der Waals surface area (Å²) < 4.78 is 7.69. The van der Waals surface area contributed by atoms with Crippen molar-refractivity contribution in [3.05, 3.63) is 65.7 Å². The summed E-state index contributed by atoms with van der Waals surface area (Å²) in [5.74, 6) is 0.642. The Labute approximate surface area is 202 Å². The molecule has 1 unspecified atom stereocenters. The van der Waals surface area contributed by atoms with Crippen LogP contribution in [0, 0.1) is 0 Å². The molecule has 34 heavy (non-hydrogen) atoms. The number of rotatable bonds is 8. The maximum atomic E-state index is 13.5. The van der Waals surface area contributed by atoms with E-state index in [4.69, 9.17) is 4.74 Å². The summed E-state index contributed by atoms with van der Waals surface area (Å²) in [5.41, 5.74) is 2.04. The molecule has 1 atom stereocenters. The number of hydrogen-bond acceptors (Lipinski definition) is 7. The number of carbonyl (C=O) groups is 2. The molecular weight excluding hydrogens is 450 g/mol. The van der Waals surface area contributed by atoms with Crippen LogP contribution in [0.15, 0.2) is 59.8 Å². The van der Waals surface area contributed by atoms with E-state index in [1.807, 2.05) is 30.3 Å². The van der Waals surface area contributed by atoms with Gasteiger partial charge in [-0.3, -0.25) is 14.2 Å². The molecule has 0 radical (unpaired) electrons. The molecule has 1 N–H and O–H groups in total. The third kappa shape index (κ3) is 5.00. The van der Waals surface area contributed by atoms with Crippen molar-refractivity contribution >= 4 is 35.1 Å². The zero-order valence-electron chi connectivity index (χ0n) is 19.0. The van der Waals surface area contributed by atoms with Gasteiger partial charge in [-0.25, -0.2) is 0 Å². The largest absolute Gasteiger partial charge is 0.378 e. The second-order valence-corrected chi connectivity index (χ2v) is 9.59. The van der Waals surface area contributed by atoms with Crippen LogP contribution < -0.4 is 10.2 Å². The molecule has 2 aliphatic rings. The van der Waals surface area contributed by atoms with Gasteiger partial charge in [0.2, 0.25) is 11.9 Å². The van der Waals surface area contributed by atoms with Crippen LogP contribution in [0.3, 0.4) is 0 Å². The molecule has 0 bridgehead atoms. The zero-order valence-corrected chi connectivity index (χ0v) is 19.8. The van der Waals surface area contributed by atoms with Gasteiger partial charge in [0.05, 0.1) is 13.2 Å². The number of aromatic nitrogens is 3. The van der Waals surface area contributed by atoms with Crippen LogP contribution in [0.1, 0.15) is 47.0 Å². The van der Waals surface area contributed by atoms with Crippen molar-refractivity contribution in [2.45, 2.75) is 36.2 Å². The number of benzene rings is 2. The van der Waals surface area contributed by atoms with E-state index < -0.39 is 5.25 Å². The summed E-state index contributed by atoms with van der Waals surface area (Å²) in [6.45, 7) is 4.43. The first-order valence-corrected chi connectivity index (χ1v) is 12.4. The first-order valence-electron chi connectivity index (χ1n) is 11.5. The predicted molar refractivity (Wildman–Crippen MR) is 131 cm³/mol. The topological polar surface area (TPSA) is 89.3 Å². The van der Waals surface area contributed by atoms with Crippen LogP contribution in [0.2, 0.25) is 0 Å². The van der Waals surface area contributed by atoms with Gasteiger partial charge in [-0.15, -0.1) is 10.2 Å². The fourth-order valence-corrected chi connectivity index (χ4v) is 5.11. The average Bonchev–Trinajstić information content (AvgIpc) is 3.62. The number of thioether (sulfide) groups is 1. The van der Waals surface area contributed by atoms with Crippen LogP contribution in [0.4, 0.5) is 11.6 Å². The first kappa shape index (κ1) is 22.6. The summed E-state index contributed by atoms with van der Waals surface area (Å²) in [4.78, 5) is 27.5. The van der Waals surface area contributed by atoms with Crippen LogP contribution in [0.25, 0.3) is 0 Å². The maximum Gasteiger partial charge on any atom is 0.242 e. The molecule has 1 aromatic heterocycles. The molecule has 5 rings (SSSR count). The number of nitrogens with one attached hydrogen (secondary N) is 1. The zero-order chi connectivity index (χ0) is 23.5. The monoisotopic (exact) mass is 477 g/mol. The van der Waals surface area contributed by atoms with E-state index in [9.17, 15) is 9.59 Å². The SMILES string of the molecule is CC(=O)c1cccc(NC(=O)C(Sc2nnc(N3CCOCC3)n2C2CC2)c2ccccc2)c1. The second kappa shape index (κ2) is 9.99. The molecule has 1 aliphatic carbocycles. The Kier molecular flexibility index (Phi) is 6.64. The Balaban J connectivity index is 1.43. The van der Waals surface area contributed by atoms with Crippen molar-refractivity contribution in [3.63, 3.8) is 0 Å². The van der Waals surface area contributed by atoms with Crippen molar-refractivity contribution < 1.29 is 14.3 Å². The van der Waals surface area contributed by atoms with Crippen molar-refractivity contribution in [3.8, 4) is 0 Å². The van der Waals surface area contributed by atoms with E-state index in [2.05, 4.69) is 25.0 Å². The Bertz CT molecular complexity index is 1170. The van der Waals surface area contributed by atoms with Gasteiger partial charge in [0.1, 0.15) is 5.25 Å². The first-order chi connectivity index (χ1) is 16.6. The second-order valence-electron chi connectivity index (χ2n) is 8.52. The van der Waals surface area contributed by atoms with Gasteiger partial charge < -0.3 is 15.0 Å². The number of Topliss-reactive ketones (excluding diaryl/α,β-unsaturated/α-hetero) is 1. The summed E-state index contributed by atoms with van der Waals surface area (Å²) >= 11 is 1.41. The standard InChI is InChI=1S/C25H27N5O3S/c1-17(31)19-8-5-9-20(16-19)26-23(32)22(18-6-3-2-4-7-18)34-25-28-27-24(30(25)21-10-11-21)29-12-14-33-15-13-29/h2-9,16,21-22H,10-15H2,1H3,(H,26,32). The lowest BCUT2D eigenvalue weighted by Gasteiger charge is -2.28. The highest BCUT2D eigenvalue weighted by Gasteiger charge is 2.34. The van der Waals surface area contributed by atoms with Gasteiger partial charge in [0.15, 0.2) is 10.9 Å². The minimum Gasteiger partial charge on any atom is -0.378 e. The average molecular weight is 478 g/mol. The molecule has 176 valence electrons. The molecule has 1 saturated carbocycles. The summed E-state index contributed by atoms with van der Waals surface area (Å²) in [6.07, 6.45) is 2.17. The van der Waals surface area contributed by atoms with Crippen LogP contribution in [0.5, 0.6) is 0 Å². The minimum absolute atomic E-state index is 0.0433. The summed E-state index contributed by atoms with van der Waals surface area (Å²) in [5, 5.41) is 12.2. The number of ether oxygens (including phenoxy) is 1. The predicted octanol–water partition coefficient (Wildman–Crippen LogP) is 4.12. The Morgan fingerprint density at radius 2 is 1.82 bits per heavy atom. The number of hydrogen-bond donors (Lipinski definition) is 1. The molecule has 3 aromatic rings. The van der Waals surface area contributed by atoms with Crippen LogP contribution in [-0.2, 0) is 9.53 Å². The van der Waals surface area contributed by atoms with E-state index in [1.165, 1.54) is 18.7 Å². The van der Waals surface area contributed by atoms with Crippen LogP contribution in [-0.4, -0.2) is 52.8 Å². The van der Waals surface area contributed by atoms with Gasteiger partial charge in [-0.1, -0.05) is 54.2 Å². The molecule has 1 saturated heterocycles. The van der Waals surface area contributed by atoms with Gasteiger partial charge >= 0.3 is 0 Å². The number of carbonyl (C=O) groups excluding carboxylic acids is 2. The fraction of sp³-hybridized carbons (Fsp3) is 0.360. The van der Waals surface area contributed by atoms with E-state index in [0.717, 1.165) is 42.6 Å². The van der Waals surface area contributed by atoms with E-state index in [-0.39, 0.29) is 11.7 Å². The molecule has 1 amide bonds. The molecule has 2 heterocycles. The molecule has 8 nitrogen and oxygen atoms in total. The number of ketones is 1. The van der Waals surface area contributed by atoms with Crippen molar-refractivity contribution in [1.29, 1.82) is 0 Å². The summed E-state index contributed by atoms with van der Waals surface area (Å²) in [7, 11) is 0. The van der Waals surface area contributed by atoms with Gasteiger partial charge in [-0.05, 0) is 37.5 Å². The quantitative estimate of drug-likeness (QED) is 0.385. The number of nitrogens with zero attached hydrogens (tertiary/aromatic N) is 4. The third-order valence-electron chi connectivity index (χ3n) is 5.95. The molecule has 2 fully saturated rings. The number of morpholine rings is 1. The lowest BCUT2D eigenvalue weighted by Crippen LogP contribution is -2.38. The van der Waals surface area contributed by atoms with Crippen molar-refractivity contribution in [2.75, 3.05) is 36.5 Å². The highest BCUT2D eigenvalue weighted by Crippen LogP contribution is 2.44. The lowest BCUT2D eigenvalue weighted by molar-refractivity contribution is -0.115. The highest BCUT2D eigenvalue weighted by atomic mass is 32.2. The smallest absolute Gasteiger partial charge is 0.242 e. The van der Waals surface area contributed by atoms with Crippen LogP contribution >= 0.6 is 11.8 Å². The Morgan fingerprint density at radius 3 is 2.53 bits per heavy atom. The number of anilines is 2. The molecule has 9 heteroatoms. The van der Waals surface area contributed by atoms with E-state index in [1.54, 1.807) is 24.3 Å². The van der Waals surface area contributed by atoms with Crippen molar-refractivity contribution in [1.82, 2.24) is 14.8 Å². The van der Waals surface area contributed by atoms with Crippen molar-refractivity contribution in [2.24, 2.45) is 0 Å². The fourth-order valence-electron chi connectivity index (χ4n) is 4.01. The molecule has 2 aromatic carbocycles. The van der Waals surface area contributed by atoms with E-state index >= 15 is 0 Å².